The number of ether oxygens (including phenoxy) is 1. The maximum atomic E-state index is 12.3. The molecule has 0 radical (unpaired) electrons. The van der Waals surface area contributed by atoms with Crippen LogP contribution in [-0.4, -0.2) is 15.3 Å². The van der Waals surface area contributed by atoms with Gasteiger partial charge in [-0.15, -0.1) is 11.3 Å². The van der Waals surface area contributed by atoms with Crippen LogP contribution >= 0.6 is 11.3 Å². The van der Waals surface area contributed by atoms with Crippen LogP contribution in [0.15, 0.2) is 35.3 Å². The summed E-state index contributed by atoms with van der Waals surface area (Å²) in [6.45, 7) is 9.60. The van der Waals surface area contributed by atoms with Crippen LogP contribution in [0.2, 0.25) is 0 Å². The number of nitrogens with zero attached hydrogens (tertiary/aromatic N) is 2. The molecule has 0 atom stereocenters. The number of anilines is 1. The standard InChI is InChI=1S/C20H23N3O3S/c1-12-6-7-16(15(8-12)22-18(25)20(3,4)5)26-11-14-9-17(24)23-10-13(2)27-19(23)21-14/h6-10H,11H2,1-5H3,(H,22,25). The van der Waals surface area contributed by atoms with Gasteiger partial charge in [-0.05, 0) is 31.5 Å². The van der Waals surface area contributed by atoms with Gasteiger partial charge >= 0.3 is 0 Å². The van der Waals surface area contributed by atoms with Gasteiger partial charge in [0.1, 0.15) is 12.4 Å². The second-order valence-corrected chi connectivity index (χ2v) is 8.79. The van der Waals surface area contributed by atoms with Crippen LogP contribution < -0.4 is 15.6 Å². The topological polar surface area (TPSA) is 72.7 Å². The van der Waals surface area contributed by atoms with Crippen molar-refractivity contribution in [2.24, 2.45) is 5.41 Å². The quantitative estimate of drug-likeness (QED) is 0.738. The number of aromatic nitrogens is 2. The zero-order chi connectivity index (χ0) is 19.8. The first kappa shape index (κ1) is 19.1. The second-order valence-electron chi connectivity index (χ2n) is 7.57. The summed E-state index contributed by atoms with van der Waals surface area (Å²) in [6, 6.07) is 7.07. The number of rotatable bonds is 4. The van der Waals surface area contributed by atoms with Crippen molar-refractivity contribution < 1.29 is 9.53 Å². The highest BCUT2D eigenvalue weighted by Gasteiger charge is 2.22. The summed E-state index contributed by atoms with van der Waals surface area (Å²) in [4.78, 5) is 30.7. The lowest BCUT2D eigenvalue weighted by Crippen LogP contribution is -2.27. The Morgan fingerprint density at radius 2 is 2.00 bits per heavy atom. The molecule has 1 aromatic carbocycles. The maximum Gasteiger partial charge on any atom is 0.258 e. The van der Waals surface area contributed by atoms with Gasteiger partial charge in [-0.1, -0.05) is 26.8 Å². The molecule has 1 N–H and O–H groups in total. The molecule has 0 spiro atoms. The van der Waals surface area contributed by atoms with Crippen molar-refractivity contribution in [3.8, 4) is 5.75 Å². The molecule has 2 heterocycles. The van der Waals surface area contributed by atoms with Gasteiger partial charge in [0, 0.05) is 22.6 Å². The van der Waals surface area contributed by atoms with Crippen molar-refractivity contribution in [3.63, 3.8) is 0 Å². The number of carbonyl (C=O) groups excluding carboxylic acids is 1. The second kappa shape index (κ2) is 7.15. The Kier molecular flexibility index (Phi) is 5.06. The van der Waals surface area contributed by atoms with Gasteiger partial charge in [0.05, 0.1) is 11.4 Å². The third-order valence-electron chi connectivity index (χ3n) is 3.98. The van der Waals surface area contributed by atoms with E-state index in [-0.39, 0.29) is 18.1 Å². The first-order valence-corrected chi connectivity index (χ1v) is 9.49. The minimum atomic E-state index is -0.515. The first-order valence-electron chi connectivity index (χ1n) is 8.67. The van der Waals surface area contributed by atoms with E-state index in [1.165, 1.54) is 21.8 Å². The molecule has 0 aliphatic rings. The monoisotopic (exact) mass is 385 g/mol. The summed E-state index contributed by atoms with van der Waals surface area (Å²) < 4.78 is 7.41. The van der Waals surface area contributed by atoms with Gasteiger partial charge in [-0.3, -0.25) is 14.0 Å². The van der Waals surface area contributed by atoms with Gasteiger partial charge in [0.15, 0.2) is 4.96 Å². The van der Waals surface area contributed by atoms with Crippen molar-refractivity contribution in [2.45, 2.75) is 41.2 Å². The van der Waals surface area contributed by atoms with Crippen molar-refractivity contribution in [1.82, 2.24) is 9.38 Å². The summed E-state index contributed by atoms with van der Waals surface area (Å²) in [7, 11) is 0. The third kappa shape index (κ3) is 4.36. The fraction of sp³-hybridized carbons (Fsp3) is 0.350. The first-order chi connectivity index (χ1) is 12.6. The molecule has 6 nitrogen and oxygen atoms in total. The average molecular weight is 385 g/mol. The van der Waals surface area contributed by atoms with Gasteiger partial charge in [0.25, 0.3) is 5.56 Å². The summed E-state index contributed by atoms with van der Waals surface area (Å²) in [6.07, 6.45) is 1.78. The van der Waals surface area contributed by atoms with Crippen molar-refractivity contribution in [1.29, 1.82) is 0 Å². The van der Waals surface area contributed by atoms with Gasteiger partial charge in [-0.2, -0.15) is 0 Å². The SMILES string of the molecule is Cc1ccc(OCc2cc(=O)n3cc(C)sc3n2)c(NC(=O)C(C)(C)C)c1. The Morgan fingerprint density at radius 1 is 1.26 bits per heavy atom. The van der Waals surface area contributed by atoms with E-state index in [0.717, 1.165) is 10.4 Å². The molecule has 0 aliphatic heterocycles. The zero-order valence-corrected chi connectivity index (χ0v) is 16.9. The molecule has 2 aromatic heterocycles. The van der Waals surface area contributed by atoms with Gasteiger partial charge in [0.2, 0.25) is 5.91 Å². The molecule has 3 rings (SSSR count). The van der Waals surface area contributed by atoms with Crippen molar-refractivity contribution in [3.05, 3.63) is 57.0 Å². The Morgan fingerprint density at radius 3 is 2.70 bits per heavy atom. The van der Waals surface area contributed by atoms with Crippen molar-refractivity contribution in [2.75, 3.05) is 5.32 Å². The molecule has 0 unspecified atom stereocenters. The number of fused-ring (bicyclic) bond motifs is 1. The highest BCUT2D eigenvalue weighted by molar-refractivity contribution is 7.16. The number of aryl methyl sites for hydroxylation is 2. The fourth-order valence-corrected chi connectivity index (χ4v) is 3.31. The smallest absolute Gasteiger partial charge is 0.258 e. The average Bonchev–Trinajstić information content (AvgIpc) is 2.94. The minimum Gasteiger partial charge on any atom is -0.485 e. The largest absolute Gasteiger partial charge is 0.485 e. The third-order valence-corrected chi connectivity index (χ3v) is 4.87. The molecule has 0 bridgehead atoms. The highest BCUT2D eigenvalue weighted by Crippen LogP contribution is 2.28. The van der Waals surface area contributed by atoms with E-state index in [4.69, 9.17) is 4.74 Å². The number of hydrogen-bond acceptors (Lipinski definition) is 5. The molecule has 0 saturated carbocycles. The maximum absolute atomic E-state index is 12.3. The number of thiazole rings is 1. The molecule has 0 aliphatic carbocycles. The van der Waals surface area contributed by atoms with E-state index in [9.17, 15) is 9.59 Å². The molecule has 0 saturated heterocycles. The number of carbonyl (C=O) groups is 1. The number of nitrogens with one attached hydrogen (secondary N) is 1. The van der Waals surface area contributed by atoms with Crippen LogP contribution in [0.5, 0.6) is 5.75 Å². The number of hydrogen-bond donors (Lipinski definition) is 1. The van der Waals surface area contributed by atoms with E-state index >= 15 is 0 Å². The fourth-order valence-electron chi connectivity index (χ4n) is 2.46. The van der Waals surface area contributed by atoms with E-state index in [1.807, 2.05) is 52.8 Å². The molecular formula is C20H23N3O3S. The highest BCUT2D eigenvalue weighted by atomic mass is 32.1. The molecule has 3 aromatic rings. The van der Waals surface area contributed by atoms with Crippen LogP contribution in [0.3, 0.4) is 0 Å². The molecule has 142 valence electrons. The summed E-state index contributed by atoms with van der Waals surface area (Å²) in [5, 5.41) is 2.92. The van der Waals surface area contributed by atoms with E-state index in [2.05, 4.69) is 10.3 Å². The summed E-state index contributed by atoms with van der Waals surface area (Å²) in [5.41, 5.74) is 1.53. The van der Waals surface area contributed by atoms with E-state index < -0.39 is 5.41 Å². The Bertz CT molecular complexity index is 1060. The number of amides is 1. The molecule has 27 heavy (non-hydrogen) atoms. The van der Waals surface area contributed by atoms with Crippen LogP contribution in [0.25, 0.3) is 4.96 Å². The Hall–Kier alpha value is -2.67. The van der Waals surface area contributed by atoms with Crippen LogP contribution in [0.1, 0.15) is 36.9 Å². The van der Waals surface area contributed by atoms with Crippen LogP contribution in [0, 0.1) is 19.3 Å². The van der Waals surface area contributed by atoms with Gasteiger partial charge in [-0.25, -0.2) is 4.98 Å². The molecular weight excluding hydrogens is 362 g/mol. The van der Waals surface area contributed by atoms with E-state index in [1.54, 1.807) is 6.20 Å². The zero-order valence-electron chi connectivity index (χ0n) is 16.1. The predicted octanol–water partition coefficient (Wildman–Crippen LogP) is 3.94. The minimum absolute atomic E-state index is 0.0928. The Balaban J connectivity index is 1.84. The van der Waals surface area contributed by atoms with Crippen molar-refractivity contribution >= 4 is 27.9 Å². The molecule has 7 heteroatoms. The predicted molar refractivity (Wildman–Crippen MR) is 108 cm³/mol. The van der Waals surface area contributed by atoms with E-state index in [0.29, 0.717) is 22.1 Å². The molecule has 1 amide bonds. The summed E-state index contributed by atoms with van der Waals surface area (Å²) in [5.74, 6) is 0.451. The lowest BCUT2D eigenvalue weighted by molar-refractivity contribution is -0.123. The lowest BCUT2D eigenvalue weighted by Gasteiger charge is -2.20. The van der Waals surface area contributed by atoms with Crippen LogP contribution in [-0.2, 0) is 11.4 Å². The lowest BCUT2D eigenvalue weighted by atomic mass is 9.95. The van der Waals surface area contributed by atoms with Crippen LogP contribution in [0.4, 0.5) is 5.69 Å². The summed E-state index contributed by atoms with van der Waals surface area (Å²) >= 11 is 1.46. The Labute approximate surface area is 161 Å². The van der Waals surface area contributed by atoms with Gasteiger partial charge < -0.3 is 10.1 Å². The molecule has 0 fully saturated rings. The number of benzene rings is 1. The normalized spacial score (nSPS) is 11.6.